The second-order valence-electron chi connectivity index (χ2n) is 2.83. The van der Waals surface area contributed by atoms with Gasteiger partial charge in [-0.15, -0.1) is 12.4 Å². The summed E-state index contributed by atoms with van der Waals surface area (Å²) >= 11 is 0. The lowest BCUT2D eigenvalue weighted by atomic mass is 10.3. The maximum absolute atomic E-state index is 10.9. The van der Waals surface area contributed by atoms with E-state index in [2.05, 4.69) is 5.32 Å². The molecule has 1 aliphatic rings. The Bertz CT molecular complexity index is 222. The van der Waals surface area contributed by atoms with Gasteiger partial charge in [-0.25, -0.2) is 4.79 Å². The molecule has 6 nitrogen and oxygen atoms in total. The number of nitrogens with one attached hydrogen (secondary N) is 1. The number of rotatable bonds is 3. The van der Waals surface area contributed by atoms with Gasteiger partial charge in [-0.2, -0.15) is 0 Å². The first-order chi connectivity index (χ1) is 6.09. The Hall–Kier alpha value is -1.01. The summed E-state index contributed by atoms with van der Waals surface area (Å²) in [6, 6.07) is -0.648. The maximum atomic E-state index is 10.9. The Balaban J connectivity index is 0.00000169. The lowest BCUT2D eigenvalue weighted by Gasteiger charge is -2.10. The quantitative estimate of drug-likeness (QED) is 0.625. The number of ether oxygens (including phenoxy) is 2. The highest BCUT2D eigenvalue weighted by molar-refractivity contribution is 5.85. The lowest BCUT2D eigenvalue weighted by Crippen LogP contribution is -2.32. The Morgan fingerprint density at radius 3 is 2.93 bits per heavy atom. The number of halogens is 1. The third-order valence-electron chi connectivity index (χ3n) is 1.53. The summed E-state index contributed by atoms with van der Waals surface area (Å²) in [6.45, 7) is 1.95. The molecule has 0 radical (unpaired) electrons. The molecular formula is C7H13ClN2O4. The molecule has 0 aromatic heterocycles. The van der Waals surface area contributed by atoms with Crippen molar-refractivity contribution in [2.75, 3.05) is 13.2 Å². The summed E-state index contributed by atoms with van der Waals surface area (Å²) in [5, 5.41) is 2.44. The third-order valence-corrected chi connectivity index (χ3v) is 1.53. The standard InChI is InChI=1S/C7H12N2O4.ClH/c1-4(8)6(10)12-3-5-2-9-7(11)13-5;/h4-5H,2-3,8H2,1H3,(H,9,11);1H/t4-,5+;/m0./s1. The van der Waals surface area contributed by atoms with E-state index in [0.717, 1.165) is 0 Å². The largest absolute Gasteiger partial charge is 0.461 e. The number of nitrogens with two attached hydrogens (primary N) is 1. The van der Waals surface area contributed by atoms with E-state index in [0.29, 0.717) is 6.54 Å². The van der Waals surface area contributed by atoms with Gasteiger partial charge < -0.3 is 20.5 Å². The van der Waals surface area contributed by atoms with Crippen LogP contribution in [0.4, 0.5) is 4.79 Å². The molecule has 82 valence electrons. The van der Waals surface area contributed by atoms with E-state index in [1.807, 2.05) is 0 Å². The molecule has 1 heterocycles. The summed E-state index contributed by atoms with van der Waals surface area (Å²) in [7, 11) is 0. The van der Waals surface area contributed by atoms with Crippen LogP contribution in [-0.4, -0.2) is 37.4 Å². The van der Waals surface area contributed by atoms with Crippen molar-refractivity contribution < 1.29 is 19.1 Å². The number of alkyl carbamates (subject to hydrolysis) is 1. The predicted octanol–water partition coefficient (Wildman–Crippen LogP) is -0.593. The average molecular weight is 225 g/mol. The lowest BCUT2D eigenvalue weighted by molar-refractivity contribution is -0.147. The van der Waals surface area contributed by atoms with Crippen LogP contribution >= 0.6 is 12.4 Å². The van der Waals surface area contributed by atoms with Crippen molar-refractivity contribution in [3.8, 4) is 0 Å². The number of carbonyl (C=O) groups excluding carboxylic acids is 2. The van der Waals surface area contributed by atoms with Crippen LogP contribution in [0.25, 0.3) is 0 Å². The molecule has 0 aromatic carbocycles. The van der Waals surface area contributed by atoms with Crippen molar-refractivity contribution in [3.63, 3.8) is 0 Å². The smallest absolute Gasteiger partial charge is 0.407 e. The number of hydrogen-bond acceptors (Lipinski definition) is 5. The fourth-order valence-electron chi connectivity index (χ4n) is 0.831. The van der Waals surface area contributed by atoms with Crippen molar-refractivity contribution in [2.24, 2.45) is 5.73 Å². The molecule has 1 amide bonds. The average Bonchev–Trinajstić information content (AvgIpc) is 2.47. The van der Waals surface area contributed by atoms with Gasteiger partial charge in [0, 0.05) is 0 Å². The molecule has 14 heavy (non-hydrogen) atoms. The van der Waals surface area contributed by atoms with Gasteiger partial charge in [0.2, 0.25) is 0 Å². The fraction of sp³-hybridized carbons (Fsp3) is 0.714. The molecule has 3 N–H and O–H groups in total. The zero-order valence-electron chi connectivity index (χ0n) is 7.69. The minimum absolute atomic E-state index is 0. The van der Waals surface area contributed by atoms with Crippen LogP contribution < -0.4 is 11.1 Å². The van der Waals surface area contributed by atoms with Crippen molar-refractivity contribution >= 4 is 24.5 Å². The van der Waals surface area contributed by atoms with E-state index < -0.39 is 24.2 Å². The van der Waals surface area contributed by atoms with Gasteiger partial charge in [-0.1, -0.05) is 0 Å². The Kier molecular flexibility index (Phi) is 5.26. The summed E-state index contributed by atoms with van der Waals surface area (Å²) in [5.41, 5.74) is 5.25. The van der Waals surface area contributed by atoms with E-state index in [4.69, 9.17) is 15.2 Å². The normalized spacial score (nSPS) is 21.6. The van der Waals surface area contributed by atoms with E-state index in [1.165, 1.54) is 6.92 Å². The van der Waals surface area contributed by atoms with Gasteiger partial charge in [-0.05, 0) is 6.92 Å². The topological polar surface area (TPSA) is 90.7 Å². The number of esters is 1. The third kappa shape index (κ3) is 3.80. The molecule has 0 saturated carbocycles. The fourth-order valence-corrected chi connectivity index (χ4v) is 0.831. The van der Waals surface area contributed by atoms with E-state index in [9.17, 15) is 9.59 Å². The van der Waals surface area contributed by atoms with Gasteiger partial charge in [0.15, 0.2) is 6.10 Å². The molecular weight excluding hydrogens is 212 g/mol. The van der Waals surface area contributed by atoms with Crippen molar-refractivity contribution in [1.82, 2.24) is 5.32 Å². The molecule has 0 spiro atoms. The first-order valence-corrected chi connectivity index (χ1v) is 3.96. The molecule has 2 atom stereocenters. The van der Waals surface area contributed by atoms with E-state index in [-0.39, 0.29) is 19.0 Å². The number of carbonyl (C=O) groups is 2. The van der Waals surface area contributed by atoms with Crippen molar-refractivity contribution in [3.05, 3.63) is 0 Å². The highest BCUT2D eigenvalue weighted by atomic mass is 35.5. The second kappa shape index (κ2) is 5.66. The molecule has 1 aliphatic heterocycles. The van der Waals surface area contributed by atoms with E-state index in [1.54, 1.807) is 0 Å². The number of hydrogen-bond donors (Lipinski definition) is 2. The Morgan fingerprint density at radius 2 is 2.50 bits per heavy atom. The zero-order chi connectivity index (χ0) is 9.84. The molecule has 1 fully saturated rings. The first kappa shape index (κ1) is 13.0. The van der Waals surface area contributed by atoms with Crippen LogP contribution in [0.5, 0.6) is 0 Å². The van der Waals surface area contributed by atoms with Crippen LogP contribution in [-0.2, 0) is 14.3 Å². The zero-order valence-corrected chi connectivity index (χ0v) is 8.50. The maximum Gasteiger partial charge on any atom is 0.407 e. The van der Waals surface area contributed by atoms with Crippen LogP contribution in [0.2, 0.25) is 0 Å². The van der Waals surface area contributed by atoms with Gasteiger partial charge in [-0.3, -0.25) is 4.79 Å². The highest BCUT2D eigenvalue weighted by Crippen LogP contribution is 2.00. The monoisotopic (exact) mass is 224 g/mol. The van der Waals surface area contributed by atoms with Gasteiger partial charge >= 0.3 is 12.1 Å². The summed E-state index contributed by atoms with van der Waals surface area (Å²) < 4.78 is 9.48. The molecule has 1 saturated heterocycles. The Morgan fingerprint density at radius 1 is 1.86 bits per heavy atom. The van der Waals surface area contributed by atoms with E-state index >= 15 is 0 Å². The SMILES string of the molecule is C[C@H](N)C(=O)OC[C@H]1CNC(=O)O1.Cl. The molecule has 0 aromatic rings. The summed E-state index contributed by atoms with van der Waals surface area (Å²) in [5.74, 6) is -0.497. The summed E-state index contributed by atoms with van der Waals surface area (Å²) in [6.07, 6.45) is -0.878. The van der Waals surface area contributed by atoms with Crippen LogP contribution in [0.3, 0.4) is 0 Å². The Labute approximate surface area is 87.5 Å². The highest BCUT2D eigenvalue weighted by Gasteiger charge is 2.24. The van der Waals surface area contributed by atoms with Crippen molar-refractivity contribution in [1.29, 1.82) is 0 Å². The first-order valence-electron chi connectivity index (χ1n) is 3.96. The number of amides is 1. The second-order valence-corrected chi connectivity index (χ2v) is 2.83. The number of cyclic esters (lactones) is 1. The summed E-state index contributed by atoms with van der Waals surface area (Å²) in [4.78, 5) is 21.4. The molecule has 1 rings (SSSR count). The molecule has 0 aliphatic carbocycles. The van der Waals surface area contributed by atoms with Gasteiger partial charge in [0.25, 0.3) is 0 Å². The minimum atomic E-state index is -0.648. The van der Waals surface area contributed by atoms with Gasteiger partial charge in [0.05, 0.1) is 6.54 Å². The minimum Gasteiger partial charge on any atom is -0.461 e. The predicted molar refractivity (Wildman–Crippen MR) is 50.1 cm³/mol. The molecule has 0 unspecified atom stereocenters. The van der Waals surface area contributed by atoms with Crippen LogP contribution in [0.1, 0.15) is 6.92 Å². The van der Waals surface area contributed by atoms with Crippen LogP contribution in [0, 0.1) is 0 Å². The molecule has 7 heteroatoms. The van der Waals surface area contributed by atoms with Crippen LogP contribution in [0.15, 0.2) is 0 Å². The molecule has 0 bridgehead atoms. The van der Waals surface area contributed by atoms with Gasteiger partial charge in [0.1, 0.15) is 12.6 Å². The van der Waals surface area contributed by atoms with Crippen molar-refractivity contribution in [2.45, 2.75) is 19.1 Å².